The van der Waals surface area contributed by atoms with E-state index in [0.29, 0.717) is 30.5 Å². The van der Waals surface area contributed by atoms with Crippen LogP contribution in [0.15, 0.2) is 41.1 Å². The predicted octanol–water partition coefficient (Wildman–Crippen LogP) is 4.12. The number of β-lactam (4-membered cyclic amide) rings is 1. The summed E-state index contributed by atoms with van der Waals surface area (Å²) in [6, 6.07) is 10.9. The molecule has 1 atom stereocenters. The van der Waals surface area contributed by atoms with Crippen molar-refractivity contribution >= 4 is 11.8 Å². The molecule has 0 N–H and O–H groups in total. The molecule has 0 bridgehead atoms. The first-order chi connectivity index (χ1) is 14.6. The van der Waals surface area contributed by atoms with Crippen molar-refractivity contribution in [1.29, 1.82) is 0 Å². The van der Waals surface area contributed by atoms with E-state index in [4.69, 9.17) is 4.42 Å². The van der Waals surface area contributed by atoms with E-state index in [2.05, 4.69) is 34.1 Å². The number of nitrogens with zero attached hydrogens (tertiary/aromatic N) is 3. The molecule has 30 heavy (non-hydrogen) atoms. The second-order valence-corrected chi connectivity index (χ2v) is 9.03. The zero-order chi connectivity index (χ0) is 20.7. The lowest BCUT2D eigenvalue weighted by Gasteiger charge is -2.61. The average Bonchev–Trinajstić information content (AvgIpc) is 3.23. The van der Waals surface area contributed by atoms with Gasteiger partial charge in [0.25, 0.3) is 5.91 Å². The summed E-state index contributed by atoms with van der Waals surface area (Å²) in [5, 5.41) is 0. The highest BCUT2D eigenvalue weighted by molar-refractivity contribution is 5.93. The maximum atomic E-state index is 13.5. The number of benzene rings is 1. The van der Waals surface area contributed by atoms with Crippen molar-refractivity contribution in [3.63, 3.8) is 0 Å². The molecule has 5 rings (SSSR count). The Morgan fingerprint density at radius 3 is 2.43 bits per heavy atom. The Hall–Kier alpha value is -2.63. The van der Waals surface area contributed by atoms with E-state index in [1.54, 1.807) is 6.92 Å². The second kappa shape index (κ2) is 7.56. The Morgan fingerprint density at radius 1 is 1.10 bits per heavy atom. The van der Waals surface area contributed by atoms with Crippen molar-refractivity contribution in [2.24, 2.45) is 5.41 Å². The first-order valence-electron chi connectivity index (χ1n) is 11.2. The van der Waals surface area contributed by atoms with Gasteiger partial charge in [-0.25, -0.2) is 4.98 Å². The topological polar surface area (TPSA) is 66.7 Å². The Morgan fingerprint density at radius 2 is 1.80 bits per heavy atom. The highest BCUT2D eigenvalue weighted by Gasteiger charge is 2.62. The number of hydrogen-bond acceptors (Lipinski definition) is 4. The lowest BCUT2D eigenvalue weighted by Crippen LogP contribution is -2.67. The van der Waals surface area contributed by atoms with Gasteiger partial charge in [-0.2, -0.15) is 0 Å². The van der Waals surface area contributed by atoms with Gasteiger partial charge in [0.1, 0.15) is 0 Å². The summed E-state index contributed by atoms with van der Waals surface area (Å²) in [6.07, 6.45) is 8.47. The molecular weight excluding hydrogens is 378 g/mol. The van der Waals surface area contributed by atoms with Crippen LogP contribution in [0.25, 0.3) is 0 Å². The average molecular weight is 408 g/mol. The van der Waals surface area contributed by atoms with E-state index in [1.807, 2.05) is 11.0 Å². The van der Waals surface area contributed by atoms with Crippen LogP contribution in [0.2, 0.25) is 0 Å². The molecule has 0 radical (unpaired) electrons. The molecule has 1 aromatic carbocycles. The number of oxazole rings is 1. The lowest BCUT2D eigenvalue weighted by atomic mass is 9.59. The third-order valence-electron chi connectivity index (χ3n) is 7.41. The summed E-state index contributed by atoms with van der Waals surface area (Å²) in [6.45, 7) is 3.07. The van der Waals surface area contributed by atoms with Gasteiger partial charge in [0.15, 0.2) is 6.39 Å². The van der Waals surface area contributed by atoms with Crippen molar-refractivity contribution in [2.45, 2.75) is 64.0 Å². The van der Waals surface area contributed by atoms with Gasteiger partial charge in [0.05, 0.1) is 17.2 Å². The van der Waals surface area contributed by atoms with E-state index < -0.39 is 0 Å². The minimum Gasteiger partial charge on any atom is -0.438 e. The van der Waals surface area contributed by atoms with Gasteiger partial charge in [-0.3, -0.25) is 9.59 Å². The minimum absolute atomic E-state index is 0.0956. The molecule has 6 nitrogen and oxygen atoms in total. The monoisotopic (exact) mass is 407 g/mol. The molecule has 1 spiro atoms. The van der Waals surface area contributed by atoms with Crippen LogP contribution in [0, 0.1) is 12.3 Å². The first-order valence-corrected chi connectivity index (χ1v) is 11.2. The highest BCUT2D eigenvalue weighted by atomic mass is 16.3. The molecule has 6 heteroatoms. The summed E-state index contributed by atoms with van der Waals surface area (Å²) >= 11 is 0. The summed E-state index contributed by atoms with van der Waals surface area (Å²) in [7, 11) is 0. The summed E-state index contributed by atoms with van der Waals surface area (Å²) < 4.78 is 5.29. The van der Waals surface area contributed by atoms with Gasteiger partial charge in [-0.1, -0.05) is 49.6 Å². The van der Waals surface area contributed by atoms with Crippen LogP contribution in [0.3, 0.4) is 0 Å². The molecular formula is C24H29N3O3. The van der Waals surface area contributed by atoms with Crippen LogP contribution < -0.4 is 0 Å². The Kier molecular flexibility index (Phi) is 4.88. The van der Waals surface area contributed by atoms with Crippen molar-refractivity contribution in [3.05, 3.63) is 53.7 Å². The third kappa shape index (κ3) is 2.96. The molecule has 2 aliphatic heterocycles. The van der Waals surface area contributed by atoms with Crippen molar-refractivity contribution in [3.8, 4) is 0 Å². The van der Waals surface area contributed by atoms with Gasteiger partial charge in [-0.15, -0.1) is 0 Å². The zero-order valence-electron chi connectivity index (χ0n) is 17.5. The molecule has 2 aromatic rings. The normalized spacial score (nSPS) is 24.2. The van der Waals surface area contributed by atoms with E-state index in [1.165, 1.54) is 18.4 Å². The zero-order valence-corrected chi connectivity index (χ0v) is 17.5. The number of aryl methyl sites for hydroxylation is 1. The second-order valence-electron chi connectivity index (χ2n) is 9.03. The standard InChI is InChI=1S/C24H29N3O3/c1-17-20(30-16-25-17)22(28)26-14-10-19(11-15-26)27-21(18-8-4-2-5-9-18)24(23(27)29)12-6-3-7-13-24/h2,4-5,8-9,16,19,21H,3,6-7,10-15H2,1H3. The van der Waals surface area contributed by atoms with Crippen LogP contribution in [0.5, 0.6) is 0 Å². The van der Waals surface area contributed by atoms with Crippen LogP contribution in [0.1, 0.15) is 72.8 Å². The molecule has 1 unspecified atom stereocenters. The fourth-order valence-electron chi connectivity index (χ4n) is 5.85. The Labute approximate surface area is 177 Å². The Balaban J connectivity index is 1.33. The molecule has 3 aliphatic rings. The van der Waals surface area contributed by atoms with E-state index in [-0.39, 0.29) is 23.4 Å². The lowest BCUT2D eigenvalue weighted by molar-refractivity contribution is -0.186. The predicted molar refractivity (Wildman–Crippen MR) is 112 cm³/mol. The smallest absolute Gasteiger partial charge is 0.291 e. The number of carbonyl (C=O) groups excluding carboxylic acids is 2. The molecule has 158 valence electrons. The number of likely N-dealkylation sites (tertiary alicyclic amines) is 2. The quantitative estimate of drug-likeness (QED) is 0.718. The first kappa shape index (κ1) is 19.3. The fraction of sp³-hybridized carbons (Fsp3) is 0.542. The molecule has 2 amide bonds. The van der Waals surface area contributed by atoms with Crippen molar-refractivity contribution < 1.29 is 14.0 Å². The number of aromatic nitrogens is 1. The van der Waals surface area contributed by atoms with Crippen LogP contribution in [0.4, 0.5) is 0 Å². The van der Waals surface area contributed by atoms with Gasteiger partial charge < -0.3 is 14.2 Å². The molecule has 1 aromatic heterocycles. The van der Waals surface area contributed by atoms with E-state index in [0.717, 1.165) is 38.5 Å². The minimum atomic E-state index is -0.205. The Bertz CT molecular complexity index is 924. The number of carbonyl (C=O) groups is 2. The molecule has 3 heterocycles. The van der Waals surface area contributed by atoms with Crippen LogP contribution >= 0.6 is 0 Å². The van der Waals surface area contributed by atoms with Gasteiger partial charge in [-0.05, 0) is 38.2 Å². The largest absolute Gasteiger partial charge is 0.438 e. The maximum Gasteiger partial charge on any atom is 0.291 e. The van der Waals surface area contributed by atoms with Crippen LogP contribution in [-0.4, -0.2) is 45.7 Å². The molecule has 2 saturated heterocycles. The van der Waals surface area contributed by atoms with Gasteiger partial charge in [0, 0.05) is 19.1 Å². The van der Waals surface area contributed by atoms with Crippen molar-refractivity contribution in [2.75, 3.05) is 13.1 Å². The summed E-state index contributed by atoms with van der Waals surface area (Å²) in [5.74, 6) is 0.574. The van der Waals surface area contributed by atoms with E-state index >= 15 is 0 Å². The molecule has 3 fully saturated rings. The van der Waals surface area contributed by atoms with Crippen molar-refractivity contribution in [1.82, 2.24) is 14.8 Å². The summed E-state index contributed by atoms with van der Waals surface area (Å²) in [4.78, 5) is 34.3. The maximum absolute atomic E-state index is 13.5. The highest BCUT2D eigenvalue weighted by Crippen LogP contribution is 2.59. The number of piperidine rings is 1. The number of amides is 2. The SMILES string of the molecule is Cc1ncoc1C(=O)N1CCC(N2C(=O)C3(CCCCC3)C2c2ccccc2)CC1. The number of hydrogen-bond donors (Lipinski definition) is 0. The van der Waals surface area contributed by atoms with E-state index in [9.17, 15) is 9.59 Å². The molecule has 1 aliphatic carbocycles. The molecule has 1 saturated carbocycles. The fourth-order valence-corrected chi connectivity index (χ4v) is 5.85. The van der Waals surface area contributed by atoms with Gasteiger partial charge >= 0.3 is 0 Å². The third-order valence-corrected chi connectivity index (χ3v) is 7.41. The summed E-state index contributed by atoms with van der Waals surface area (Å²) in [5.41, 5.74) is 1.68. The van der Waals surface area contributed by atoms with Gasteiger partial charge in [0.2, 0.25) is 11.7 Å². The number of rotatable bonds is 3. The van der Waals surface area contributed by atoms with Crippen LogP contribution in [-0.2, 0) is 4.79 Å².